The van der Waals surface area contributed by atoms with Gasteiger partial charge in [0.1, 0.15) is 0 Å². The molecule has 110 valence electrons. The van der Waals surface area contributed by atoms with E-state index in [0.717, 1.165) is 11.5 Å². The van der Waals surface area contributed by atoms with E-state index in [2.05, 4.69) is 27.1 Å². The van der Waals surface area contributed by atoms with Crippen LogP contribution in [0.25, 0.3) is 11.4 Å². The highest BCUT2D eigenvalue weighted by molar-refractivity contribution is 5.57. The van der Waals surface area contributed by atoms with Crippen LogP contribution in [0.1, 0.15) is 44.6 Å². The molecule has 0 amide bonds. The second kappa shape index (κ2) is 5.68. The first kappa shape index (κ1) is 13.8. The van der Waals surface area contributed by atoms with E-state index in [4.69, 9.17) is 10.5 Å². The number of anilines is 1. The average molecular weight is 284 g/mol. The third kappa shape index (κ3) is 3.12. The molecule has 5 heteroatoms. The minimum absolute atomic E-state index is 0.000595. The molecule has 2 aromatic rings. The molecule has 5 nitrogen and oxygen atoms in total. The van der Waals surface area contributed by atoms with Crippen molar-refractivity contribution in [3.05, 3.63) is 29.8 Å². The van der Waals surface area contributed by atoms with E-state index >= 15 is 0 Å². The van der Waals surface area contributed by atoms with Crippen molar-refractivity contribution >= 4 is 5.95 Å². The second-order valence-electron chi connectivity index (χ2n) is 5.72. The predicted molar refractivity (Wildman–Crippen MR) is 82.0 cm³/mol. The van der Waals surface area contributed by atoms with Crippen LogP contribution in [0.2, 0.25) is 0 Å². The van der Waals surface area contributed by atoms with Crippen molar-refractivity contribution in [2.24, 2.45) is 0 Å². The van der Waals surface area contributed by atoms with Crippen molar-refractivity contribution in [1.82, 2.24) is 15.0 Å². The Bertz CT molecular complexity index is 621. The molecule has 0 radical (unpaired) electrons. The monoisotopic (exact) mass is 284 g/mol. The zero-order valence-corrected chi connectivity index (χ0v) is 12.4. The SMILES string of the molecule is CC(C)Oc1nc(N)nc(-c2ccc(C3CCC3)cc2)n1. The number of hydrogen-bond donors (Lipinski definition) is 1. The van der Waals surface area contributed by atoms with Gasteiger partial charge in [-0.2, -0.15) is 15.0 Å². The minimum Gasteiger partial charge on any atom is -0.461 e. The van der Waals surface area contributed by atoms with Gasteiger partial charge in [-0.1, -0.05) is 30.7 Å². The van der Waals surface area contributed by atoms with Crippen molar-refractivity contribution in [3.63, 3.8) is 0 Å². The van der Waals surface area contributed by atoms with E-state index in [1.165, 1.54) is 24.8 Å². The normalized spacial score (nSPS) is 15.0. The molecular formula is C16H20N4O. The molecule has 0 saturated heterocycles. The molecule has 3 rings (SSSR count). The third-order valence-corrected chi connectivity index (χ3v) is 3.72. The summed E-state index contributed by atoms with van der Waals surface area (Å²) in [5, 5.41) is 0. The number of nitrogens with two attached hydrogens (primary N) is 1. The number of aromatic nitrogens is 3. The summed E-state index contributed by atoms with van der Waals surface area (Å²) >= 11 is 0. The molecule has 0 atom stereocenters. The number of hydrogen-bond acceptors (Lipinski definition) is 5. The quantitative estimate of drug-likeness (QED) is 0.933. The Kier molecular flexibility index (Phi) is 3.73. The van der Waals surface area contributed by atoms with Crippen molar-refractivity contribution < 1.29 is 4.74 Å². The van der Waals surface area contributed by atoms with Crippen LogP contribution < -0.4 is 10.5 Å². The summed E-state index contributed by atoms with van der Waals surface area (Å²) < 4.78 is 5.50. The molecule has 0 spiro atoms. The molecule has 1 aliphatic rings. The van der Waals surface area contributed by atoms with E-state index in [1.807, 2.05) is 26.0 Å². The number of benzene rings is 1. The molecule has 0 bridgehead atoms. The summed E-state index contributed by atoms with van der Waals surface area (Å²) in [5.74, 6) is 1.46. The van der Waals surface area contributed by atoms with Gasteiger partial charge in [0.25, 0.3) is 0 Å². The molecule has 21 heavy (non-hydrogen) atoms. The highest BCUT2D eigenvalue weighted by atomic mass is 16.5. The molecule has 0 aliphatic heterocycles. The molecule has 1 saturated carbocycles. The van der Waals surface area contributed by atoms with Gasteiger partial charge in [0, 0.05) is 5.56 Å². The van der Waals surface area contributed by atoms with Crippen molar-refractivity contribution in [2.75, 3.05) is 5.73 Å². The fraction of sp³-hybridized carbons (Fsp3) is 0.438. The van der Waals surface area contributed by atoms with Gasteiger partial charge < -0.3 is 10.5 Å². The van der Waals surface area contributed by atoms with Crippen molar-refractivity contribution in [1.29, 1.82) is 0 Å². The fourth-order valence-electron chi connectivity index (χ4n) is 2.41. The van der Waals surface area contributed by atoms with Crippen molar-refractivity contribution in [3.8, 4) is 17.4 Å². The predicted octanol–water partition coefficient (Wildman–Crippen LogP) is 3.18. The lowest BCUT2D eigenvalue weighted by molar-refractivity contribution is 0.222. The Morgan fingerprint density at radius 2 is 1.81 bits per heavy atom. The molecule has 0 unspecified atom stereocenters. The average Bonchev–Trinajstić information content (AvgIpc) is 2.36. The Balaban J connectivity index is 1.86. The summed E-state index contributed by atoms with van der Waals surface area (Å²) in [6, 6.07) is 8.67. The highest BCUT2D eigenvalue weighted by Gasteiger charge is 2.19. The zero-order valence-electron chi connectivity index (χ0n) is 12.4. The molecule has 1 aliphatic carbocycles. The first-order chi connectivity index (χ1) is 10.1. The van der Waals surface area contributed by atoms with E-state index in [1.54, 1.807) is 0 Å². The van der Waals surface area contributed by atoms with Crippen LogP contribution in [0.4, 0.5) is 5.95 Å². The van der Waals surface area contributed by atoms with Gasteiger partial charge in [-0.25, -0.2) is 0 Å². The van der Waals surface area contributed by atoms with Crippen LogP contribution in [0.3, 0.4) is 0 Å². The topological polar surface area (TPSA) is 73.9 Å². The summed E-state index contributed by atoms with van der Waals surface area (Å²) in [6.45, 7) is 3.85. The number of ether oxygens (including phenoxy) is 1. The van der Waals surface area contributed by atoms with Gasteiger partial charge in [-0.15, -0.1) is 0 Å². The maximum Gasteiger partial charge on any atom is 0.322 e. The Hall–Kier alpha value is -2.17. The van der Waals surface area contributed by atoms with E-state index < -0.39 is 0 Å². The van der Waals surface area contributed by atoms with Crippen LogP contribution in [-0.4, -0.2) is 21.1 Å². The van der Waals surface area contributed by atoms with Gasteiger partial charge in [-0.3, -0.25) is 0 Å². The Labute approximate surface area is 124 Å². The fourth-order valence-corrected chi connectivity index (χ4v) is 2.41. The maximum atomic E-state index is 5.74. The smallest absolute Gasteiger partial charge is 0.322 e. The molecular weight excluding hydrogens is 264 g/mol. The van der Waals surface area contributed by atoms with Crippen LogP contribution in [0, 0.1) is 0 Å². The summed E-state index contributed by atoms with van der Waals surface area (Å²) in [6.07, 6.45) is 3.93. The lowest BCUT2D eigenvalue weighted by Crippen LogP contribution is -2.11. The van der Waals surface area contributed by atoms with E-state index in [-0.39, 0.29) is 18.1 Å². The van der Waals surface area contributed by atoms with Gasteiger partial charge in [0.05, 0.1) is 6.10 Å². The van der Waals surface area contributed by atoms with Crippen LogP contribution in [-0.2, 0) is 0 Å². The standard InChI is InChI=1S/C16H20N4O/c1-10(2)21-16-19-14(18-15(17)20-16)13-8-6-12(7-9-13)11-4-3-5-11/h6-11H,3-5H2,1-2H3,(H2,17,18,19,20). The van der Waals surface area contributed by atoms with E-state index in [9.17, 15) is 0 Å². The molecule has 2 N–H and O–H groups in total. The summed E-state index contributed by atoms with van der Waals surface area (Å²) in [7, 11) is 0. The minimum atomic E-state index is 0.000595. The molecule has 1 heterocycles. The van der Waals surface area contributed by atoms with Crippen molar-refractivity contribution in [2.45, 2.75) is 45.1 Å². The highest BCUT2D eigenvalue weighted by Crippen LogP contribution is 2.36. The summed E-state index contributed by atoms with van der Waals surface area (Å²) in [4.78, 5) is 12.5. The molecule has 1 aromatic heterocycles. The Morgan fingerprint density at radius 1 is 1.10 bits per heavy atom. The molecule has 1 fully saturated rings. The zero-order chi connectivity index (χ0) is 14.8. The van der Waals surface area contributed by atoms with E-state index in [0.29, 0.717) is 5.82 Å². The lowest BCUT2D eigenvalue weighted by atomic mass is 9.80. The summed E-state index contributed by atoms with van der Waals surface area (Å²) in [5.41, 5.74) is 8.06. The number of rotatable bonds is 4. The number of nitrogens with zero attached hydrogens (tertiary/aromatic N) is 3. The maximum absolute atomic E-state index is 5.74. The largest absolute Gasteiger partial charge is 0.461 e. The Morgan fingerprint density at radius 3 is 2.38 bits per heavy atom. The van der Waals surface area contributed by atoms with Gasteiger partial charge in [0.2, 0.25) is 5.95 Å². The van der Waals surface area contributed by atoms with Crippen LogP contribution >= 0.6 is 0 Å². The number of nitrogen functional groups attached to an aromatic ring is 1. The molecule has 1 aromatic carbocycles. The van der Waals surface area contributed by atoms with Gasteiger partial charge >= 0.3 is 6.01 Å². The first-order valence-electron chi connectivity index (χ1n) is 7.40. The third-order valence-electron chi connectivity index (χ3n) is 3.72. The van der Waals surface area contributed by atoms with Gasteiger partial charge in [0.15, 0.2) is 5.82 Å². The van der Waals surface area contributed by atoms with Gasteiger partial charge in [-0.05, 0) is 38.2 Å². The van der Waals surface area contributed by atoms with Crippen LogP contribution in [0.15, 0.2) is 24.3 Å². The second-order valence-corrected chi connectivity index (χ2v) is 5.72. The lowest BCUT2D eigenvalue weighted by Gasteiger charge is -2.25. The van der Waals surface area contributed by atoms with Crippen LogP contribution in [0.5, 0.6) is 6.01 Å². The first-order valence-corrected chi connectivity index (χ1v) is 7.40.